The van der Waals surface area contributed by atoms with E-state index in [1.54, 1.807) is 0 Å². The van der Waals surface area contributed by atoms with Gasteiger partial charge in [-0.3, -0.25) is 0 Å². The largest absolute Gasteiger partial charge is 0.393 e. The van der Waals surface area contributed by atoms with E-state index in [4.69, 9.17) is 9.47 Å². The lowest BCUT2D eigenvalue weighted by Crippen LogP contribution is -2.46. The van der Waals surface area contributed by atoms with E-state index in [0.29, 0.717) is 11.8 Å². The van der Waals surface area contributed by atoms with Crippen molar-refractivity contribution in [2.45, 2.75) is 37.6 Å². The molecule has 84 valence electrons. The van der Waals surface area contributed by atoms with Gasteiger partial charge in [-0.05, 0) is 37.5 Å². The lowest BCUT2D eigenvalue weighted by Gasteiger charge is -2.38. The summed E-state index contributed by atoms with van der Waals surface area (Å²) in [6, 6.07) is 0. The number of rotatable bonds is 0. The van der Waals surface area contributed by atoms with Gasteiger partial charge in [-0.15, -0.1) is 0 Å². The molecular formula is C12H18O3. The van der Waals surface area contributed by atoms with Crippen LogP contribution in [0.5, 0.6) is 0 Å². The third-order valence-corrected chi connectivity index (χ3v) is 5.11. The fraction of sp³-hybridized carbons (Fsp3) is 1.00. The summed E-state index contributed by atoms with van der Waals surface area (Å²) in [4.78, 5) is 0. The van der Waals surface area contributed by atoms with Crippen molar-refractivity contribution in [3.63, 3.8) is 0 Å². The molecule has 0 aromatic heterocycles. The molecular weight excluding hydrogens is 192 g/mol. The van der Waals surface area contributed by atoms with Crippen LogP contribution >= 0.6 is 0 Å². The Balaban J connectivity index is 1.80. The van der Waals surface area contributed by atoms with Crippen molar-refractivity contribution in [2.75, 3.05) is 13.2 Å². The minimum absolute atomic E-state index is 0.181. The van der Waals surface area contributed by atoms with Crippen molar-refractivity contribution in [2.24, 2.45) is 23.7 Å². The molecule has 2 unspecified atom stereocenters. The highest BCUT2D eigenvalue weighted by Gasteiger charge is 2.65. The summed E-state index contributed by atoms with van der Waals surface area (Å²) in [7, 11) is 0. The van der Waals surface area contributed by atoms with Crippen LogP contribution in [0, 0.1) is 23.7 Å². The van der Waals surface area contributed by atoms with Gasteiger partial charge in [0.15, 0.2) is 5.79 Å². The van der Waals surface area contributed by atoms with Gasteiger partial charge in [0.05, 0.1) is 19.3 Å². The average Bonchev–Trinajstić information content (AvgIpc) is 2.71. The second-order valence-electron chi connectivity index (χ2n) is 5.78. The van der Waals surface area contributed by atoms with Crippen LogP contribution < -0.4 is 0 Å². The Labute approximate surface area is 89.8 Å². The molecule has 1 aliphatic heterocycles. The molecule has 5 atom stereocenters. The van der Waals surface area contributed by atoms with E-state index in [1.807, 2.05) is 0 Å². The summed E-state index contributed by atoms with van der Waals surface area (Å²) >= 11 is 0. The zero-order valence-electron chi connectivity index (χ0n) is 8.89. The summed E-state index contributed by atoms with van der Waals surface area (Å²) in [6.07, 6.45) is 4.53. The molecule has 1 saturated heterocycles. The predicted octanol–water partition coefficient (Wildman–Crippen LogP) is 1.16. The van der Waals surface area contributed by atoms with E-state index in [2.05, 4.69) is 0 Å². The summed E-state index contributed by atoms with van der Waals surface area (Å²) in [5.41, 5.74) is 0. The number of aliphatic hydroxyl groups is 1. The Morgan fingerprint density at radius 3 is 2.60 bits per heavy atom. The first kappa shape index (κ1) is 8.97. The zero-order valence-corrected chi connectivity index (χ0v) is 8.89. The normalized spacial score (nSPS) is 55.4. The predicted molar refractivity (Wildman–Crippen MR) is 53.1 cm³/mol. The maximum atomic E-state index is 10.2. The molecule has 1 heterocycles. The summed E-state index contributed by atoms with van der Waals surface area (Å²) < 4.78 is 11.9. The zero-order chi connectivity index (χ0) is 10.0. The highest BCUT2D eigenvalue weighted by atomic mass is 16.7. The van der Waals surface area contributed by atoms with Crippen LogP contribution in [0.1, 0.15) is 25.7 Å². The molecule has 3 bridgehead atoms. The van der Waals surface area contributed by atoms with Crippen molar-refractivity contribution in [3.05, 3.63) is 0 Å². The highest BCUT2D eigenvalue weighted by Crippen LogP contribution is 2.62. The average molecular weight is 210 g/mol. The Bertz CT molecular complexity index is 283. The molecule has 4 fully saturated rings. The van der Waals surface area contributed by atoms with Crippen LogP contribution in [0.4, 0.5) is 0 Å². The number of ether oxygens (including phenoxy) is 2. The third kappa shape index (κ3) is 0.973. The van der Waals surface area contributed by atoms with E-state index in [9.17, 15) is 5.11 Å². The van der Waals surface area contributed by atoms with Gasteiger partial charge in [0, 0.05) is 11.8 Å². The van der Waals surface area contributed by atoms with E-state index in [-0.39, 0.29) is 17.8 Å². The van der Waals surface area contributed by atoms with Crippen LogP contribution in [-0.2, 0) is 9.47 Å². The maximum absolute atomic E-state index is 10.2. The van der Waals surface area contributed by atoms with E-state index < -0.39 is 0 Å². The second kappa shape index (κ2) is 2.76. The van der Waals surface area contributed by atoms with Gasteiger partial charge in [-0.1, -0.05) is 0 Å². The maximum Gasteiger partial charge on any atom is 0.176 e. The lowest BCUT2D eigenvalue weighted by molar-refractivity contribution is -0.226. The first-order valence-corrected chi connectivity index (χ1v) is 6.25. The highest BCUT2D eigenvalue weighted by molar-refractivity contribution is 5.09. The van der Waals surface area contributed by atoms with Crippen molar-refractivity contribution in [3.8, 4) is 0 Å². The molecule has 3 saturated carbocycles. The van der Waals surface area contributed by atoms with Crippen molar-refractivity contribution >= 4 is 0 Å². The third-order valence-electron chi connectivity index (χ3n) is 5.11. The molecule has 3 aliphatic carbocycles. The molecule has 0 aromatic rings. The minimum atomic E-state index is -0.380. The van der Waals surface area contributed by atoms with Crippen LogP contribution in [0.2, 0.25) is 0 Å². The molecule has 0 amide bonds. The van der Waals surface area contributed by atoms with Gasteiger partial charge in [0.25, 0.3) is 0 Å². The Morgan fingerprint density at radius 2 is 1.80 bits per heavy atom. The molecule has 15 heavy (non-hydrogen) atoms. The number of hydrogen-bond donors (Lipinski definition) is 1. The van der Waals surface area contributed by atoms with E-state index >= 15 is 0 Å². The number of fused-ring (bicyclic) bond motifs is 4. The van der Waals surface area contributed by atoms with Crippen LogP contribution in [0.25, 0.3) is 0 Å². The summed E-state index contributed by atoms with van der Waals surface area (Å²) in [5.74, 6) is 1.84. The molecule has 4 rings (SSSR count). The standard InChI is InChI=1S/C12H18O3/c13-10-5-7-3-8-6-9(4-7)12(11(8)10)14-1-2-15-12/h7-11,13H,1-6H2/t7-,8+,9-,10?,11?/m0/s1. The monoisotopic (exact) mass is 210 g/mol. The molecule has 0 aromatic carbocycles. The molecule has 4 aliphatic rings. The van der Waals surface area contributed by atoms with Gasteiger partial charge in [0.2, 0.25) is 0 Å². The quantitative estimate of drug-likeness (QED) is 0.652. The molecule has 3 nitrogen and oxygen atoms in total. The van der Waals surface area contributed by atoms with Gasteiger partial charge < -0.3 is 14.6 Å². The minimum Gasteiger partial charge on any atom is -0.393 e. The molecule has 1 N–H and O–H groups in total. The van der Waals surface area contributed by atoms with Gasteiger partial charge in [-0.2, -0.15) is 0 Å². The van der Waals surface area contributed by atoms with Gasteiger partial charge >= 0.3 is 0 Å². The summed E-state index contributed by atoms with van der Waals surface area (Å²) in [5, 5.41) is 10.2. The fourth-order valence-corrected chi connectivity index (χ4v) is 4.84. The number of hydrogen-bond acceptors (Lipinski definition) is 3. The SMILES string of the molecule is OC1C[C@H]2C[C@@H]3C[C@H](C2)C2(OCCO2)C13. The molecule has 0 radical (unpaired) electrons. The number of aliphatic hydroxyl groups excluding tert-OH is 1. The first-order chi connectivity index (χ1) is 7.29. The second-order valence-corrected chi connectivity index (χ2v) is 5.78. The fourth-order valence-electron chi connectivity index (χ4n) is 4.84. The topological polar surface area (TPSA) is 38.7 Å². The van der Waals surface area contributed by atoms with Crippen LogP contribution in [-0.4, -0.2) is 30.2 Å². The van der Waals surface area contributed by atoms with Crippen molar-refractivity contribution in [1.29, 1.82) is 0 Å². The molecule has 1 spiro atoms. The van der Waals surface area contributed by atoms with Crippen LogP contribution in [0.15, 0.2) is 0 Å². The summed E-state index contributed by atoms with van der Waals surface area (Å²) in [6.45, 7) is 1.44. The van der Waals surface area contributed by atoms with Gasteiger partial charge in [0.1, 0.15) is 0 Å². The van der Waals surface area contributed by atoms with E-state index in [1.165, 1.54) is 19.3 Å². The smallest absolute Gasteiger partial charge is 0.176 e. The van der Waals surface area contributed by atoms with Crippen molar-refractivity contribution in [1.82, 2.24) is 0 Å². The lowest BCUT2D eigenvalue weighted by atomic mass is 9.71. The van der Waals surface area contributed by atoms with E-state index in [0.717, 1.165) is 25.6 Å². The Hall–Kier alpha value is -0.120. The first-order valence-electron chi connectivity index (χ1n) is 6.25. The Morgan fingerprint density at radius 1 is 1.00 bits per heavy atom. The molecule has 3 heteroatoms. The Kier molecular flexibility index (Phi) is 1.65. The van der Waals surface area contributed by atoms with Gasteiger partial charge in [-0.25, -0.2) is 0 Å². The van der Waals surface area contributed by atoms with Crippen LogP contribution in [0.3, 0.4) is 0 Å². The van der Waals surface area contributed by atoms with Crippen molar-refractivity contribution < 1.29 is 14.6 Å².